The van der Waals surface area contributed by atoms with Crippen LogP contribution >= 0.6 is 0 Å². The molecule has 0 unspecified atom stereocenters. The van der Waals surface area contributed by atoms with Crippen LogP contribution in [-0.4, -0.2) is 215 Å². The molecule has 0 aromatic carbocycles. The Bertz CT molecular complexity index is 1740. The van der Waals surface area contributed by atoms with E-state index in [4.69, 9.17) is 23.7 Å². The van der Waals surface area contributed by atoms with E-state index in [9.17, 15) is 75.7 Å². The number of carbonyl (C=O) groups is 3. The molecule has 23 heteroatoms. The molecule has 0 aliphatic carbocycles. The smallest absolute Gasteiger partial charge is 0.339 e. The van der Waals surface area contributed by atoms with Crippen molar-refractivity contribution in [1.82, 2.24) is 10.6 Å². The van der Waals surface area contributed by atoms with Gasteiger partial charge in [-0.15, -0.1) is 0 Å². The maximum Gasteiger partial charge on any atom is 0.339 e. The summed E-state index contributed by atoms with van der Waals surface area (Å²) in [5.41, 5.74) is -3.29. The van der Waals surface area contributed by atoms with Crippen molar-refractivity contribution in [2.24, 2.45) is 5.92 Å². The standard InChI is InChI=1S/C58H105FN2O20/c1-4-6-8-10-12-14-16-18-20-22-24-26-28-30-39(66)38(61-44(69)31-29-27-25-23-21-19-17-15-13-11-9-7-5-2)36-77-55-51(74)50(73)52(43(35-64)79-55)80-56-49(72)45(48(71)42(34-63)78-56)54(59)58(57(75)76)32-40(67)46(60-37(3)65)53(81-58)47(70)41(68)33-62/h28,30,38-43,45-56,62-64,66-68,70-74H,4-27,29,31-36H2,1-3H3,(H,60,65)(H,61,69)(H,75,76)/b30-28+/t38-,39-,40+,41-,42-,43-,45+,46-,47-,48+,49-,50-,51-,52-,53-,54-,55-,56+,58+/m1/s1. The Balaban J connectivity index is 1.71. The van der Waals surface area contributed by atoms with E-state index in [0.29, 0.717) is 12.8 Å². The number of rotatable bonds is 43. The number of hydrogen-bond donors (Lipinski definition) is 14. The van der Waals surface area contributed by atoms with Crippen molar-refractivity contribution in [3.05, 3.63) is 12.2 Å². The molecule has 0 spiro atoms. The fourth-order valence-electron chi connectivity index (χ4n) is 11.2. The molecule has 2 amide bonds. The molecule has 3 aliphatic rings. The number of aliphatic hydroxyl groups excluding tert-OH is 11. The number of aliphatic carboxylic acids is 1. The highest BCUT2D eigenvalue weighted by Gasteiger charge is 2.64. The Morgan fingerprint density at radius 1 is 0.679 bits per heavy atom. The number of aliphatic hydroxyl groups is 11. The highest BCUT2D eigenvalue weighted by Crippen LogP contribution is 2.44. The normalized spacial score (nSPS) is 30.9. The second-order valence-electron chi connectivity index (χ2n) is 22.8. The van der Waals surface area contributed by atoms with Crippen LogP contribution in [0.1, 0.15) is 194 Å². The summed E-state index contributed by atoms with van der Waals surface area (Å²) >= 11 is 0. The summed E-state index contributed by atoms with van der Waals surface area (Å²) in [6.45, 7) is 1.81. The summed E-state index contributed by atoms with van der Waals surface area (Å²) in [4.78, 5) is 38.4. The van der Waals surface area contributed by atoms with Crippen molar-refractivity contribution in [2.45, 2.75) is 304 Å². The van der Waals surface area contributed by atoms with E-state index in [1.807, 2.05) is 6.08 Å². The van der Waals surface area contributed by atoms with Crippen molar-refractivity contribution in [1.29, 1.82) is 0 Å². The maximum atomic E-state index is 17.3. The molecule has 0 radical (unpaired) electrons. The lowest BCUT2D eigenvalue weighted by Gasteiger charge is -2.52. The van der Waals surface area contributed by atoms with Gasteiger partial charge in [0.25, 0.3) is 0 Å². The third kappa shape index (κ3) is 23.7. The van der Waals surface area contributed by atoms with E-state index in [2.05, 4.69) is 24.5 Å². The van der Waals surface area contributed by atoms with Crippen LogP contribution in [-0.2, 0) is 38.1 Å². The Kier molecular flexibility index (Phi) is 35.8. The first-order chi connectivity index (χ1) is 38.8. The topological polar surface area (TPSA) is 364 Å². The molecule has 0 aromatic heterocycles. The first-order valence-corrected chi connectivity index (χ1v) is 30.5. The van der Waals surface area contributed by atoms with Gasteiger partial charge in [-0.05, 0) is 19.3 Å². The minimum Gasteiger partial charge on any atom is -0.479 e. The number of carbonyl (C=O) groups excluding carboxylic acids is 2. The lowest BCUT2D eigenvalue weighted by molar-refractivity contribution is -0.362. The number of carboxylic acid groups (broad SMARTS) is 1. The van der Waals surface area contributed by atoms with E-state index < -0.39 is 160 Å². The summed E-state index contributed by atoms with van der Waals surface area (Å²) in [5.74, 6) is -5.64. The van der Waals surface area contributed by atoms with E-state index in [1.54, 1.807) is 6.08 Å². The van der Waals surface area contributed by atoms with Crippen molar-refractivity contribution in [2.75, 3.05) is 26.4 Å². The lowest BCUT2D eigenvalue weighted by atomic mass is 9.73. The zero-order valence-corrected chi connectivity index (χ0v) is 48.5. The molecule has 22 nitrogen and oxygen atoms in total. The quantitative estimate of drug-likeness (QED) is 0.0308. The largest absolute Gasteiger partial charge is 0.479 e. The lowest BCUT2D eigenvalue weighted by Crippen LogP contribution is -2.72. The molecule has 3 fully saturated rings. The number of allylic oxidation sites excluding steroid dienone is 1. The average molecular weight is 1170 g/mol. The predicted molar refractivity (Wildman–Crippen MR) is 296 cm³/mol. The van der Waals surface area contributed by atoms with Crippen LogP contribution in [0, 0.1) is 5.92 Å². The SMILES string of the molecule is CCCCCCCCCCCCC/C=C/[C@@H](O)[C@@H](CO[C@@H]1O[C@H](CO)[C@@H](O[C@@H]2O[C@H](CO)[C@H](O)[C@H]([C@@H](F)[C@]3(C(=O)O)C[C@H](O)[C@@H](NC(C)=O)[C@H]([C@H](O)[C@H](O)CO)O3)[C@H]2O)[C@H](O)[C@H]1O)NC(=O)CCCCCCCCCCCCCCC. The molecule has 3 saturated heterocycles. The van der Waals surface area contributed by atoms with Gasteiger partial charge in [-0.1, -0.05) is 167 Å². The Morgan fingerprint density at radius 3 is 1.68 bits per heavy atom. The number of halogens is 1. The number of unbranched alkanes of at least 4 members (excludes halogenated alkanes) is 23. The molecule has 14 N–H and O–H groups in total. The third-order valence-corrected chi connectivity index (χ3v) is 16.1. The van der Waals surface area contributed by atoms with Crippen LogP contribution in [0.15, 0.2) is 12.2 Å². The van der Waals surface area contributed by atoms with E-state index in [1.165, 1.54) is 103 Å². The summed E-state index contributed by atoms with van der Waals surface area (Å²) in [6, 6.07) is -2.73. The van der Waals surface area contributed by atoms with Gasteiger partial charge in [0.05, 0.1) is 62.7 Å². The molecule has 3 aliphatic heterocycles. The van der Waals surface area contributed by atoms with Crippen LogP contribution in [0.4, 0.5) is 4.39 Å². The second-order valence-corrected chi connectivity index (χ2v) is 22.8. The van der Waals surface area contributed by atoms with Gasteiger partial charge < -0.3 is 95.6 Å². The van der Waals surface area contributed by atoms with Crippen LogP contribution in [0.25, 0.3) is 0 Å². The Hall–Kier alpha value is -2.56. The summed E-state index contributed by atoms with van der Waals surface area (Å²) in [7, 11) is 0. The fraction of sp³-hybridized carbons (Fsp3) is 0.914. The Morgan fingerprint density at radius 2 is 1.19 bits per heavy atom. The number of hydrogen-bond acceptors (Lipinski definition) is 19. The second kappa shape index (κ2) is 39.9. The summed E-state index contributed by atoms with van der Waals surface area (Å²) in [6.07, 6.45) is 0.119. The molecule has 3 rings (SSSR count). The monoisotopic (exact) mass is 1170 g/mol. The van der Waals surface area contributed by atoms with Crippen molar-refractivity contribution in [3.8, 4) is 0 Å². The van der Waals surface area contributed by atoms with Crippen molar-refractivity contribution in [3.63, 3.8) is 0 Å². The molecule has 3 heterocycles. The first kappa shape index (κ1) is 72.7. The number of carboxylic acids is 1. The van der Waals surface area contributed by atoms with E-state index in [0.717, 1.165) is 51.9 Å². The molecule has 0 bridgehead atoms. The van der Waals surface area contributed by atoms with Gasteiger partial charge >= 0.3 is 5.97 Å². The van der Waals surface area contributed by atoms with Gasteiger partial charge in [0.15, 0.2) is 18.2 Å². The zero-order chi connectivity index (χ0) is 59.9. The molecule has 0 aromatic rings. The number of ether oxygens (including phenoxy) is 5. The van der Waals surface area contributed by atoms with Gasteiger partial charge in [0.2, 0.25) is 11.8 Å². The van der Waals surface area contributed by atoms with E-state index in [-0.39, 0.29) is 12.3 Å². The predicted octanol–water partition coefficient (Wildman–Crippen LogP) is 3.00. The fourth-order valence-corrected chi connectivity index (χ4v) is 11.2. The maximum absolute atomic E-state index is 17.3. The minimum absolute atomic E-state index is 0.188. The van der Waals surface area contributed by atoms with Crippen molar-refractivity contribution >= 4 is 17.8 Å². The molecular formula is C58H105FN2O20. The van der Waals surface area contributed by atoms with Gasteiger partial charge in [0, 0.05) is 19.8 Å². The Labute approximate surface area is 479 Å². The van der Waals surface area contributed by atoms with Gasteiger partial charge in [0.1, 0.15) is 61.1 Å². The van der Waals surface area contributed by atoms with Crippen LogP contribution in [0.2, 0.25) is 0 Å². The van der Waals surface area contributed by atoms with Crippen LogP contribution < -0.4 is 10.6 Å². The molecule has 81 heavy (non-hydrogen) atoms. The van der Waals surface area contributed by atoms with Crippen LogP contribution in [0.3, 0.4) is 0 Å². The molecular weight excluding hydrogens is 1060 g/mol. The average Bonchev–Trinajstić information content (AvgIpc) is 3.50. The minimum atomic E-state index is -3.29. The molecule has 19 atom stereocenters. The van der Waals surface area contributed by atoms with Gasteiger partial charge in [-0.25, -0.2) is 9.18 Å². The third-order valence-electron chi connectivity index (χ3n) is 16.1. The van der Waals surface area contributed by atoms with Crippen LogP contribution in [0.5, 0.6) is 0 Å². The van der Waals surface area contributed by atoms with Gasteiger partial charge in [-0.3, -0.25) is 9.59 Å². The highest BCUT2D eigenvalue weighted by atomic mass is 19.1. The zero-order valence-electron chi connectivity index (χ0n) is 48.5. The number of alkyl halides is 1. The summed E-state index contributed by atoms with van der Waals surface area (Å²) in [5, 5.41) is 135. The van der Waals surface area contributed by atoms with Gasteiger partial charge in [-0.2, -0.15) is 0 Å². The number of nitrogens with one attached hydrogen (secondary N) is 2. The van der Waals surface area contributed by atoms with Crippen molar-refractivity contribution < 1.29 is 104 Å². The first-order valence-electron chi connectivity index (χ1n) is 30.5. The highest BCUT2D eigenvalue weighted by molar-refractivity contribution is 5.79. The molecule has 474 valence electrons. The van der Waals surface area contributed by atoms with E-state index >= 15 is 4.39 Å². The number of amides is 2. The summed E-state index contributed by atoms with van der Waals surface area (Å²) < 4.78 is 46.0. The molecule has 0 saturated carbocycles.